The van der Waals surface area contributed by atoms with Crippen molar-refractivity contribution in [1.29, 1.82) is 0 Å². The average Bonchev–Trinajstić information content (AvgIpc) is 2.69. The first-order valence-electron chi connectivity index (χ1n) is 7.06. The summed E-state index contributed by atoms with van der Waals surface area (Å²) in [6.45, 7) is 6.57. The lowest BCUT2D eigenvalue weighted by atomic mass is 10.2. The van der Waals surface area contributed by atoms with E-state index >= 15 is 0 Å². The molecule has 2 amide bonds. The van der Waals surface area contributed by atoms with Gasteiger partial charge in [0.15, 0.2) is 0 Å². The van der Waals surface area contributed by atoms with Gasteiger partial charge in [-0.3, -0.25) is 9.48 Å². The zero-order valence-corrected chi connectivity index (χ0v) is 13.1. The second kappa shape index (κ2) is 7.66. The standard InChI is InChI=1S/C14H24N4O3/c1-10(2)18(7-5-6-13(19)20)14(21)15-8-12-9-17(4)16-11(12)3/h9-10H,5-8H2,1-4H3,(H,15,21)(H,19,20). The van der Waals surface area contributed by atoms with Crippen LogP contribution < -0.4 is 5.32 Å². The van der Waals surface area contributed by atoms with E-state index < -0.39 is 5.97 Å². The molecule has 2 N–H and O–H groups in total. The molecule has 1 aromatic rings. The van der Waals surface area contributed by atoms with Crippen LogP contribution in [0.5, 0.6) is 0 Å². The zero-order valence-electron chi connectivity index (χ0n) is 13.1. The Morgan fingerprint density at radius 2 is 2.14 bits per heavy atom. The van der Waals surface area contributed by atoms with Gasteiger partial charge in [0.1, 0.15) is 0 Å². The molecule has 0 saturated carbocycles. The highest BCUT2D eigenvalue weighted by atomic mass is 16.4. The summed E-state index contributed by atoms with van der Waals surface area (Å²) in [5, 5.41) is 15.7. The van der Waals surface area contributed by atoms with Crippen LogP contribution in [0.25, 0.3) is 0 Å². The molecule has 0 fully saturated rings. The van der Waals surface area contributed by atoms with Gasteiger partial charge in [-0.2, -0.15) is 5.10 Å². The van der Waals surface area contributed by atoms with Crippen molar-refractivity contribution in [2.75, 3.05) is 6.54 Å². The van der Waals surface area contributed by atoms with Gasteiger partial charge in [0.2, 0.25) is 0 Å². The van der Waals surface area contributed by atoms with E-state index in [9.17, 15) is 9.59 Å². The highest BCUT2D eigenvalue weighted by molar-refractivity contribution is 5.74. The number of hydrogen-bond donors (Lipinski definition) is 2. The van der Waals surface area contributed by atoms with E-state index in [4.69, 9.17) is 5.11 Å². The second-order valence-corrected chi connectivity index (χ2v) is 5.36. The Morgan fingerprint density at radius 3 is 2.62 bits per heavy atom. The first-order valence-corrected chi connectivity index (χ1v) is 7.06. The maximum atomic E-state index is 12.2. The number of nitrogens with zero attached hydrogens (tertiary/aromatic N) is 3. The maximum Gasteiger partial charge on any atom is 0.317 e. The molecule has 0 radical (unpaired) electrons. The Morgan fingerprint density at radius 1 is 1.48 bits per heavy atom. The van der Waals surface area contributed by atoms with Crippen molar-refractivity contribution in [1.82, 2.24) is 20.0 Å². The van der Waals surface area contributed by atoms with Gasteiger partial charge in [0.25, 0.3) is 0 Å². The number of amides is 2. The van der Waals surface area contributed by atoms with Crippen LogP contribution in [0.4, 0.5) is 4.79 Å². The van der Waals surface area contributed by atoms with Gasteiger partial charge < -0.3 is 15.3 Å². The van der Waals surface area contributed by atoms with Crippen molar-refractivity contribution in [3.05, 3.63) is 17.5 Å². The number of aliphatic carboxylic acids is 1. The largest absolute Gasteiger partial charge is 0.481 e. The number of hydrogen-bond acceptors (Lipinski definition) is 3. The molecular weight excluding hydrogens is 272 g/mol. The molecule has 0 aliphatic heterocycles. The molecule has 0 unspecified atom stereocenters. The van der Waals surface area contributed by atoms with Crippen molar-refractivity contribution in [3.8, 4) is 0 Å². The average molecular weight is 296 g/mol. The second-order valence-electron chi connectivity index (χ2n) is 5.36. The first kappa shape index (κ1) is 17.0. The summed E-state index contributed by atoms with van der Waals surface area (Å²) in [6.07, 6.45) is 2.39. The highest BCUT2D eigenvalue weighted by Crippen LogP contribution is 2.06. The molecule has 0 atom stereocenters. The third-order valence-corrected chi connectivity index (χ3v) is 3.22. The summed E-state index contributed by atoms with van der Waals surface area (Å²) in [5.74, 6) is -0.843. The smallest absolute Gasteiger partial charge is 0.317 e. The van der Waals surface area contributed by atoms with Gasteiger partial charge in [-0.25, -0.2) is 4.79 Å². The van der Waals surface area contributed by atoms with Crippen LogP contribution >= 0.6 is 0 Å². The minimum absolute atomic E-state index is 0.0220. The Hall–Kier alpha value is -2.05. The van der Waals surface area contributed by atoms with Crippen LogP contribution in [0, 0.1) is 6.92 Å². The number of carboxylic acids is 1. The van der Waals surface area contributed by atoms with Crippen LogP contribution in [-0.2, 0) is 18.4 Å². The molecule has 0 bridgehead atoms. The fourth-order valence-corrected chi connectivity index (χ4v) is 2.09. The molecule has 0 spiro atoms. The topological polar surface area (TPSA) is 87.5 Å². The number of aryl methyl sites for hydroxylation is 2. The van der Waals surface area contributed by atoms with Crippen molar-refractivity contribution in [2.45, 2.75) is 46.2 Å². The molecule has 21 heavy (non-hydrogen) atoms. The van der Waals surface area contributed by atoms with E-state index in [1.54, 1.807) is 9.58 Å². The van der Waals surface area contributed by atoms with Crippen LogP contribution in [0.1, 0.15) is 37.9 Å². The molecule has 0 aliphatic rings. The lowest BCUT2D eigenvalue weighted by molar-refractivity contribution is -0.137. The van der Waals surface area contributed by atoms with Crippen molar-refractivity contribution >= 4 is 12.0 Å². The van der Waals surface area contributed by atoms with Gasteiger partial charge in [-0.15, -0.1) is 0 Å². The number of aromatic nitrogens is 2. The summed E-state index contributed by atoms with van der Waals surface area (Å²) in [4.78, 5) is 24.4. The van der Waals surface area contributed by atoms with Crippen LogP contribution in [0.3, 0.4) is 0 Å². The molecule has 0 aliphatic carbocycles. The summed E-state index contributed by atoms with van der Waals surface area (Å²) in [6, 6.07) is -0.160. The van der Waals surface area contributed by atoms with Crippen molar-refractivity contribution in [3.63, 3.8) is 0 Å². The monoisotopic (exact) mass is 296 g/mol. The van der Waals surface area contributed by atoms with Gasteiger partial charge in [0.05, 0.1) is 5.69 Å². The Labute approximate surface area is 124 Å². The molecule has 118 valence electrons. The minimum Gasteiger partial charge on any atom is -0.481 e. The predicted octanol–water partition coefficient (Wildman–Crippen LogP) is 1.51. The fourth-order valence-electron chi connectivity index (χ4n) is 2.09. The van der Waals surface area contributed by atoms with Crippen molar-refractivity contribution < 1.29 is 14.7 Å². The summed E-state index contributed by atoms with van der Waals surface area (Å²) >= 11 is 0. The van der Waals surface area contributed by atoms with E-state index in [0.29, 0.717) is 19.5 Å². The van der Waals surface area contributed by atoms with Gasteiger partial charge in [-0.1, -0.05) is 0 Å². The summed E-state index contributed by atoms with van der Waals surface area (Å²) < 4.78 is 1.71. The zero-order chi connectivity index (χ0) is 16.0. The lowest BCUT2D eigenvalue weighted by Gasteiger charge is -2.26. The van der Waals surface area contributed by atoms with Gasteiger partial charge in [-0.05, 0) is 27.2 Å². The van der Waals surface area contributed by atoms with E-state index in [1.807, 2.05) is 34.0 Å². The molecule has 1 rings (SSSR count). The molecule has 0 aromatic carbocycles. The minimum atomic E-state index is -0.843. The quantitative estimate of drug-likeness (QED) is 0.798. The summed E-state index contributed by atoms with van der Waals surface area (Å²) in [5.41, 5.74) is 1.86. The number of carbonyl (C=O) groups excluding carboxylic acids is 1. The van der Waals surface area contributed by atoms with E-state index in [0.717, 1.165) is 11.3 Å². The first-order chi connectivity index (χ1) is 9.81. The van der Waals surface area contributed by atoms with Crippen LogP contribution in [-0.4, -0.2) is 44.4 Å². The Balaban J connectivity index is 2.52. The third kappa shape index (κ3) is 5.45. The predicted molar refractivity (Wildman–Crippen MR) is 78.9 cm³/mol. The number of urea groups is 1. The van der Waals surface area contributed by atoms with E-state index in [-0.39, 0.29) is 18.5 Å². The van der Waals surface area contributed by atoms with E-state index in [1.165, 1.54) is 0 Å². The Bertz CT molecular complexity index is 496. The third-order valence-electron chi connectivity index (χ3n) is 3.22. The van der Waals surface area contributed by atoms with Crippen molar-refractivity contribution in [2.24, 2.45) is 7.05 Å². The van der Waals surface area contributed by atoms with Gasteiger partial charge >= 0.3 is 12.0 Å². The lowest BCUT2D eigenvalue weighted by Crippen LogP contribution is -2.44. The number of rotatable bonds is 7. The van der Waals surface area contributed by atoms with Gasteiger partial charge in [0, 0.05) is 44.4 Å². The Kier molecular flexibility index (Phi) is 6.20. The molecule has 7 nitrogen and oxygen atoms in total. The summed E-state index contributed by atoms with van der Waals surface area (Å²) in [7, 11) is 1.84. The molecule has 0 saturated heterocycles. The SMILES string of the molecule is Cc1nn(C)cc1CNC(=O)N(CCCC(=O)O)C(C)C. The molecule has 1 aromatic heterocycles. The maximum absolute atomic E-state index is 12.2. The normalized spacial score (nSPS) is 10.7. The fraction of sp³-hybridized carbons (Fsp3) is 0.643. The number of carboxylic acid groups (broad SMARTS) is 1. The number of carbonyl (C=O) groups is 2. The molecule has 1 heterocycles. The van der Waals surface area contributed by atoms with Crippen LogP contribution in [0.2, 0.25) is 0 Å². The highest BCUT2D eigenvalue weighted by Gasteiger charge is 2.17. The van der Waals surface area contributed by atoms with E-state index in [2.05, 4.69) is 10.4 Å². The number of nitrogens with one attached hydrogen (secondary N) is 1. The molecule has 7 heteroatoms. The molecular formula is C14H24N4O3. The van der Waals surface area contributed by atoms with Crippen LogP contribution in [0.15, 0.2) is 6.20 Å².